The van der Waals surface area contributed by atoms with Crippen molar-refractivity contribution in [3.05, 3.63) is 23.4 Å². The van der Waals surface area contributed by atoms with Gasteiger partial charge in [-0.05, 0) is 25.0 Å². The molecule has 108 valence electrons. The minimum Gasteiger partial charge on any atom is -0.362 e. The van der Waals surface area contributed by atoms with Gasteiger partial charge in [-0.15, -0.1) is 0 Å². The van der Waals surface area contributed by atoms with Crippen molar-refractivity contribution in [1.82, 2.24) is 4.98 Å². The molecule has 0 saturated heterocycles. The summed E-state index contributed by atoms with van der Waals surface area (Å²) in [6.45, 7) is 0.301. The van der Waals surface area contributed by atoms with Crippen LogP contribution in [0.1, 0.15) is 36.9 Å². The summed E-state index contributed by atoms with van der Waals surface area (Å²) in [7, 11) is 0. The highest BCUT2D eigenvalue weighted by molar-refractivity contribution is 5.54. The van der Waals surface area contributed by atoms with Gasteiger partial charge in [-0.25, -0.2) is 4.98 Å². The summed E-state index contributed by atoms with van der Waals surface area (Å²) in [5, 5.41) is 12.0. The topological polar surface area (TPSA) is 74.7 Å². The Balaban J connectivity index is 2.36. The molecule has 3 N–H and O–H groups in total. The van der Waals surface area contributed by atoms with E-state index < -0.39 is 17.4 Å². The molecular formula is C13H15F3N4. The van der Waals surface area contributed by atoms with Crippen LogP contribution in [-0.4, -0.2) is 17.1 Å². The molecular weight excluding hydrogens is 269 g/mol. The highest BCUT2D eigenvalue weighted by atomic mass is 19.4. The highest BCUT2D eigenvalue weighted by Gasteiger charge is 2.36. The number of anilines is 1. The van der Waals surface area contributed by atoms with E-state index in [0.29, 0.717) is 6.54 Å². The standard InChI is InChI=1S/C13H15F3N4/c14-13(15,16)10-4-3-9(7-17)11(19-10)20-12(8-18)5-1-2-6-12/h3-4H,1-2,5-6,8,18H2,(H,19,20). The van der Waals surface area contributed by atoms with E-state index in [1.54, 1.807) is 0 Å². The van der Waals surface area contributed by atoms with Crippen LogP contribution in [0.4, 0.5) is 19.0 Å². The number of rotatable bonds is 3. The molecule has 20 heavy (non-hydrogen) atoms. The first-order valence-electron chi connectivity index (χ1n) is 6.37. The first-order chi connectivity index (χ1) is 9.40. The van der Waals surface area contributed by atoms with Crippen LogP contribution in [-0.2, 0) is 6.18 Å². The molecule has 1 saturated carbocycles. The zero-order valence-corrected chi connectivity index (χ0v) is 10.8. The normalized spacial score (nSPS) is 17.8. The lowest BCUT2D eigenvalue weighted by molar-refractivity contribution is -0.141. The Morgan fingerprint density at radius 2 is 2.00 bits per heavy atom. The molecule has 0 spiro atoms. The zero-order valence-electron chi connectivity index (χ0n) is 10.8. The number of pyridine rings is 1. The van der Waals surface area contributed by atoms with Gasteiger partial charge in [-0.1, -0.05) is 12.8 Å². The maximum absolute atomic E-state index is 12.7. The maximum atomic E-state index is 12.7. The smallest absolute Gasteiger partial charge is 0.362 e. The molecule has 0 aromatic carbocycles. The lowest BCUT2D eigenvalue weighted by Gasteiger charge is -2.30. The van der Waals surface area contributed by atoms with E-state index in [2.05, 4.69) is 10.3 Å². The summed E-state index contributed by atoms with van der Waals surface area (Å²) < 4.78 is 38.1. The number of nitrogens with two attached hydrogens (primary N) is 1. The fraction of sp³-hybridized carbons (Fsp3) is 0.538. The molecule has 7 heteroatoms. The fourth-order valence-corrected chi connectivity index (χ4v) is 2.49. The number of hydrogen-bond donors (Lipinski definition) is 2. The highest BCUT2D eigenvalue weighted by Crippen LogP contribution is 2.34. The quantitative estimate of drug-likeness (QED) is 0.894. The third kappa shape index (κ3) is 2.85. The summed E-state index contributed by atoms with van der Waals surface area (Å²) in [4.78, 5) is 3.56. The van der Waals surface area contributed by atoms with Crippen LogP contribution in [0.5, 0.6) is 0 Å². The molecule has 0 bridgehead atoms. The van der Waals surface area contributed by atoms with Crippen molar-refractivity contribution in [2.24, 2.45) is 5.73 Å². The second-order valence-corrected chi connectivity index (χ2v) is 5.02. The Morgan fingerprint density at radius 3 is 2.50 bits per heavy atom. The predicted molar refractivity (Wildman–Crippen MR) is 67.8 cm³/mol. The molecule has 1 aromatic rings. The third-order valence-corrected chi connectivity index (χ3v) is 3.64. The number of aromatic nitrogens is 1. The van der Waals surface area contributed by atoms with Gasteiger partial charge in [-0.2, -0.15) is 18.4 Å². The SMILES string of the molecule is N#Cc1ccc(C(F)(F)F)nc1NC1(CN)CCCC1. The lowest BCUT2D eigenvalue weighted by atomic mass is 9.97. The molecule has 1 aliphatic carbocycles. The summed E-state index contributed by atoms with van der Waals surface area (Å²) in [6, 6.07) is 3.81. The van der Waals surface area contributed by atoms with Crippen LogP contribution >= 0.6 is 0 Å². The average Bonchev–Trinajstić information content (AvgIpc) is 2.87. The van der Waals surface area contributed by atoms with Crippen LogP contribution < -0.4 is 11.1 Å². The number of hydrogen-bond acceptors (Lipinski definition) is 4. The van der Waals surface area contributed by atoms with Crippen molar-refractivity contribution in [3.63, 3.8) is 0 Å². The summed E-state index contributed by atoms with van der Waals surface area (Å²) >= 11 is 0. The molecule has 4 nitrogen and oxygen atoms in total. The fourth-order valence-electron chi connectivity index (χ4n) is 2.49. The Hall–Kier alpha value is -1.81. The van der Waals surface area contributed by atoms with Gasteiger partial charge in [-0.3, -0.25) is 0 Å². The van der Waals surface area contributed by atoms with Crippen molar-refractivity contribution >= 4 is 5.82 Å². The molecule has 1 aromatic heterocycles. The second kappa shape index (κ2) is 5.29. The van der Waals surface area contributed by atoms with E-state index in [4.69, 9.17) is 11.0 Å². The van der Waals surface area contributed by atoms with Crippen LogP contribution in [0.2, 0.25) is 0 Å². The molecule has 0 radical (unpaired) electrons. The Morgan fingerprint density at radius 1 is 1.35 bits per heavy atom. The van der Waals surface area contributed by atoms with Gasteiger partial charge in [0, 0.05) is 6.54 Å². The minimum atomic E-state index is -4.53. The number of halogens is 3. The van der Waals surface area contributed by atoms with E-state index in [-0.39, 0.29) is 11.4 Å². The number of nitrogens with zero attached hydrogens (tertiary/aromatic N) is 2. The van der Waals surface area contributed by atoms with E-state index in [9.17, 15) is 13.2 Å². The van der Waals surface area contributed by atoms with Crippen molar-refractivity contribution in [2.45, 2.75) is 37.4 Å². The number of alkyl halides is 3. The molecule has 1 fully saturated rings. The van der Waals surface area contributed by atoms with Crippen molar-refractivity contribution < 1.29 is 13.2 Å². The molecule has 0 amide bonds. The van der Waals surface area contributed by atoms with Gasteiger partial charge in [0.25, 0.3) is 0 Å². The van der Waals surface area contributed by atoms with Crippen LogP contribution in [0.15, 0.2) is 12.1 Å². The zero-order chi connectivity index (χ0) is 14.8. The van der Waals surface area contributed by atoms with Gasteiger partial charge in [0.2, 0.25) is 0 Å². The maximum Gasteiger partial charge on any atom is 0.433 e. The van der Waals surface area contributed by atoms with Gasteiger partial charge in [0.1, 0.15) is 17.6 Å². The number of nitrogens with one attached hydrogen (secondary N) is 1. The molecule has 1 heterocycles. The molecule has 1 aliphatic rings. The Labute approximate surface area is 114 Å². The van der Waals surface area contributed by atoms with E-state index in [1.807, 2.05) is 6.07 Å². The molecule has 2 rings (SSSR count). The van der Waals surface area contributed by atoms with Crippen molar-refractivity contribution in [2.75, 3.05) is 11.9 Å². The van der Waals surface area contributed by atoms with Crippen LogP contribution in [0, 0.1) is 11.3 Å². The lowest BCUT2D eigenvalue weighted by Crippen LogP contribution is -2.43. The molecule has 0 unspecified atom stereocenters. The first kappa shape index (κ1) is 14.6. The third-order valence-electron chi connectivity index (χ3n) is 3.64. The molecule has 0 atom stereocenters. The van der Waals surface area contributed by atoms with E-state index in [0.717, 1.165) is 37.8 Å². The average molecular weight is 284 g/mol. The summed E-state index contributed by atoms with van der Waals surface area (Å²) in [5.74, 6) is -0.0327. The van der Waals surface area contributed by atoms with Crippen molar-refractivity contribution in [1.29, 1.82) is 5.26 Å². The Bertz CT molecular complexity index is 527. The van der Waals surface area contributed by atoms with Gasteiger partial charge < -0.3 is 11.1 Å². The first-order valence-corrected chi connectivity index (χ1v) is 6.37. The van der Waals surface area contributed by atoms with Gasteiger partial charge >= 0.3 is 6.18 Å². The molecule has 0 aliphatic heterocycles. The summed E-state index contributed by atoms with van der Waals surface area (Å²) in [6.07, 6.45) is -1.06. The Kier molecular flexibility index (Phi) is 3.86. The predicted octanol–water partition coefficient (Wildman–Crippen LogP) is 2.66. The van der Waals surface area contributed by atoms with Gasteiger partial charge in [0.15, 0.2) is 0 Å². The number of nitriles is 1. The van der Waals surface area contributed by atoms with Crippen LogP contribution in [0.3, 0.4) is 0 Å². The second-order valence-electron chi connectivity index (χ2n) is 5.02. The van der Waals surface area contributed by atoms with E-state index >= 15 is 0 Å². The van der Waals surface area contributed by atoms with Gasteiger partial charge in [0.05, 0.1) is 11.1 Å². The monoisotopic (exact) mass is 284 g/mol. The largest absolute Gasteiger partial charge is 0.433 e. The minimum absolute atomic E-state index is 0.0327. The van der Waals surface area contributed by atoms with Crippen molar-refractivity contribution in [3.8, 4) is 6.07 Å². The van der Waals surface area contributed by atoms with Crippen LogP contribution in [0.25, 0.3) is 0 Å². The van der Waals surface area contributed by atoms with E-state index in [1.165, 1.54) is 0 Å². The summed E-state index contributed by atoms with van der Waals surface area (Å²) in [5.41, 5.74) is 4.37.